The Hall–Kier alpha value is -0.0800. The van der Waals surface area contributed by atoms with Crippen LogP contribution in [-0.4, -0.2) is 11.7 Å². The van der Waals surface area contributed by atoms with Gasteiger partial charge in [-0.05, 0) is 34.1 Å². The van der Waals surface area contributed by atoms with E-state index in [1.165, 1.54) is 25.7 Å². The van der Waals surface area contributed by atoms with E-state index in [-0.39, 0.29) is 11.7 Å². The van der Waals surface area contributed by atoms with Crippen LogP contribution in [0.1, 0.15) is 66.7 Å². The van der Waals surface area contributed by atoms with Crippen LogP contribution in [0.2, 0.25) is 0 Å². The zero-order valence-electron chi connectivity index (χ0n) is 10.4. The van der Waals surface area contributed by atoms with E-state index >= 15 is 0 Å². The van der Waals surface area contributed by atoms with Crippen LogP contribution in [0.5, 0.6) is 0 Å². The molecule has 0 aromatic rings. The summed E-state index contributed by atoms with van der Waals surface area (Å²) < 4.78 is 0. The number of rotatable bonds is 7. The van der Waals surface area contributed by atoms with Crippen molar-refractivity contribution in [3.05, 3.63) is 0 Å². The maximum Gasteiger partial charge on any atom is 0.0952 e. The highest BCUT2D eigenvalue weighted by Gasteiger charge is 2.13. The molecule has 0 fully saturated rings. The lowest BCUT2D eigenvalue weighted by atomic mass is 10.1. The minimum atomic E-state index is -0.197. The van der Waals surface area contributed by atoms with Gasteiger partial charge in [0.25, 0.3) is 0 Å². The lowest BCUT2D eigenvalue weighted by Crippen LogP contribution is -2.22. The highest BCUT2D eigenvalue weighted by molar-refractivity contribution is 4.56. The summed E-state index contributed by atoms with van der Waals surface area (Å²) in [5, 5.41) is 0. The van der Waals surface area contributed by atoms with E-state index in [9.17, 15) is 0 Å². The second-order valence-electron chi connectivity index (χ2n) is 4.95. The fraction of sp³-hybridized carbons (Fsp3) is 1.00. The van der Waals surface area contributed by atoms with Crippen molar-refractivity contribution in [2.24, 2.45) is 0 Å². The van der Waals surface area contributed by atoms with Gasteiger partial charge in [0.1, 0.15) is 0 Å². The maximum atomic E-state index is 5.29. The molecule has 2 nitrogen and oxygen atoms in total. The summed E-state index contributed by atoms with van der Waals surface area (Å²) in [5.74, 6) is 0. The Bertz CT molecular complexity index is 127. The van der Waals surface area contributed by atoms with E-state index in [0.717, 1.165) is 6.42 Å². The van der Waals surface area contributed by atoms with E-state index in [2.05, 4.69) is 13.8 Å². The van der Waals surface area contributed by atoms with Gasteiger partial charge in [-0.15, -0.1) is 0 Å². The summed E-state index contributed by atoms with van der Waals surface area (Å²) in [4.78, 5) is 10.5. The van der Waals surface area contributed by atoms with Gasteiger partial charge in [0.05, 0.1) is 11.7 Å². The maximum absolute atomic E-state index is 5.29. The first-order chi connectivity index (χ1) is 6.45. The van der Waals surface area contributed by atoms with Gasteiger partial charge in [0, 0.05) is 0 Å². The Labute approximate surface area is 88.9 Å². The van der Waals surface area contributed by atoms with Crippen molar-refractivity contribution >= 4 is 0 Å². The van der Waals surface area contributed by atoms with Crippen molar-refractivity contribution in [1.29, 1.82) is 0 Å². The molecule has 0 radical (unpaired) electrons. The molecule has 1 unspecified atom stereocenters. The average molecular weight is 202 g/mol. The largest absolute Gasteiger partial charge is 0.233 e. The monoisotopic (exact) mass is 202 g/mol. The van der Waals surface area contributed by atoms with Crippen molar-refractivity contribution in [2.45, 2.75) is 78.4 Å². The molecule has 0 rings (SSSR count). The number of hydrogen-bond donors (Lipinski definition) is 0. The molecule has 14 heavy (non-hydrogen) atoms. The van der Waals surface area contributed by atoms with Crippen molar-refractivity contribution < 1.29 is 9.78 Å². The lowest BCUT2D eigenvalue weighted by molar-refractivity contribution is -0.370. The Balaban J connectivity index is 3.32. The van der Waals surface area contributed by atoms with Gasteiger partial charge in [0.15, 0.2) is 0 Å². The molecule has 0 aliphatic carbocycles. The van der Waals surface area contributed by atoms with Crippen molar-refractivity contribution in [2.75, 3.05) is 0 Å². The van der Waals surface area contributed by atoms with Gasteiger partial charge in [-0.3, -0.25) is 0 Å². The molecule has 0 aliphatic rings. The second kappa shape index (κ2) is 7.24. The summed E-state index contributed by atoms with van der Waals surface area (Å²) >= 11 is 0. The van der Waals surface area contributed by atoms with Crippen LogP contribution in [0.3, 0.4) is 0 Å². The molecule has 0 saturated carbocycles. The minimum absolute atomic E-state index is 0.197. The molecule has 0 aromatic carbocycles. The van der Waals surface area contributed by atoms with Gasteiger partial charge >= 0.3 is 0 Å². The predicted molar refractivity (Wildman–Crippen MR) is 60.1 cm³/mol. The van der Waals surface area contributed by atoms with Gasteiger partial charge in [-0.25, -0.2) is 9.78 Å². The quantitative estimate of drug-likeness (QED) is 0.351. The predicted octanol–water partition coefficient (Wildman–Crippen LogP) is 4.09. The van der Waals surface area contributed by atoms with E-state index < -0.39 is 0 Å². The molecule has 0 amide bonds. The molecule has 0 N–H and O–H groups in total. The van der Waals surface area contributed by atoms with Crippen molar-refractivity contribution in [3.8, 4) is 0 Å². The van der Waals surface area contributed by atoms with Gasteiger partial charge in [-0.1, -0.05) is 32.6 Å². The van der Waals surface area contributed by atoms with Crippen LogP contribution in [0.4, 0.5) is 0 Å². The molecule has 0 heterocycles. The van der Waals surface area contributed by atoms with Crippen molar-refractivity contribution in [3.63, 3.8) is 0 Å². The fourth-order valence-electron chi connectivity index (χ4n) is 1.13. The van der Waals surface area contributed by atoms with Gasteiger partial charge in [-0.2, -0.15) is 0 Å². The third kappa shape index (κ3) is 10.0. The highest BCUT2D eigenvalue weighted by Crippen LogP contribution is 2.13. The smallest absolute Gasteiger partial charge is 0.0952 e. The molecule has 0 bridgehead atoms. The topological polar surface area (TPSA) is 18.5 Å². The van der Waals surface area contributed by atoms with Crippen LogP contribution < -0.4 is 0 Å². The highest BCUT2D eigenvalue weighted by atomic mass is 17.2. The molecule has 0 spiro atoms. The first-order valence-electron chi connectivity index (χ1n) is 5.80. The molecule has 0 aliphatic heterocycles. The molecular formula is C12H26O2. The Morgan fingerprint density at radius 2 is 1.71 bits per heavy atom. The summed E-state index contributed by atoms with van der Waals surface area (Å²) in [6.07, 6.45) is 6.46. The molecule has 86 valence electrons. The van der Waals surface area contributed by atoms with E-state index in [1.54, 1.807) is 0 Å². The van der Waals surface area contributed by atoms with E-state index in [4.69, 9.17) is 9.78 Å². The molecule has 0 saturated heterocycles. The first-order valence-corrected chi connectivity index (χ1v) is 5.80. The minimum Gasteiger partial charge on any atom is -0.233 e. The van der Waals surface area contributed by atoms with Crippen LogP contribution in [-0.2, 0) is 9.78 Å². The third-order valence-corrected chi connectivity index (χ3v) is 1.93. The molecular weight excluding hydrogens is 176 g/mol. The summed E-state index contributed by atoms with van der Waals surface area (Å²) in [5.41, 5.74) is -0.197. The second-order valence-corrected chi connectivity index (χ2v) is 4.95. The number of unbranched alkanes of at least 4 members (excludes halogenated alkanes) is 3. The van der Waals surface area contributed by atoms with Crippen LogP contribution >= 0.6 is 0 Å². The zero-order chi connectivity index (χ0) is 11.0. The SMILES string of the molecule is CCCCCCC(C)OOC(C)(C)C. The number of hydrogen-bond acceptors (Lipinski definition) is 2. The molecule has 1 atom stereocenters. The van der Waals surface area contributed by atoms with Crippen LogP contribution in [0, 0.1) is 0 Å². The Morgan fingerprint density at radius 1 is 1.07 bits per heavy atom. The summed E-state index contributed by atoms with van der Waals surface area (Å²) in [6.45, 7) is 10.3. The normalized spacial score (nSPS) is 14.4. The van der Waals surface area contributed by atoms with Gasteiger partial charge in [0.2, 0.25) is 0 Å². The Morgan fingerprint density at radius 3 is 2.21 bits per heavy atom. The molecule has 0 aromatic heterocycles. The summed E-state index contributed by atoms with van der Waals surface area (Å²) in [6, 6.07) is 0. The average Bonchev–Trinajstić information content (AvgIpc) is 2.08. The Kier molecular flexibility index (Phi) is 7.20. The van der Waals surface area contributed by atoms with E-state index in [0.29, 0.717) is 0 Å². The van der Waals surface area contributed by atoms with Crippen LogP contribution in [0.25, 0.3) is 0 Å². The van der Waals surface area contributed by atoms with Crippen molar-refractivity contribution in [1.82, 2.24) is 0 Å². The summed E-state index contributed by atoms with van der Waals surface area (Å²) in [7, 11) is 0. The lowest BCUT2D eigenvalue weighted by Gasteiger charge is -2.21. The fourth-order valence-corrected chi connectivity index (χ4v) is 1.13. The standard InChI is InChI=1S/C12H26O2/c1-6-7-8-9-10-11(2)13-14-12(3,4)5/h11H,6-10H2,1-5H3. The zero-order valence-corrected chi connectivity index (χ0v) is 10.4. The van der Waals surface area contributed by atoms with Gasteiger partial charge < -0.3 is 0 Å². The van der Waals surface area contributed by atoms with Crippen LogP contribution in [0.15, 0.2) is 0 Å². The molecule has 2 heteroatoms. The first kappa shape index (κ1) is 13.9. The van der Waals surface area contributed by atoms with E-state index in [1.807, 2.05) is 20.8 Å². The third-order valence-electron chi connectivity index (χ3n) is 1.93.